The van der Waals surface area contributed by atoms with Crippen LogP contribution in [0.5, 0.6) is 0 Å². The molecule has 0 radical (unpaired) electrons. The predicted octanol–water partition coefficient (Wildman–Crippen LogP) is -3.69. The summed E-state index contributed by atoms with van der Waals surface area (Å²) in [5.74, 6) is -5.00. The summed E-state index contributed by atoms with van der Waals surface area (Å²) in [5, 5.41) is 33.6. The lowest BCUT2D eigenvalue weighted by Crippen LogP contribution is -2.55. The second-order valence-electron chi connectivity index (χ2n) is 6.24. The van der Waals surface area contributed by atoms with Crippen LogP contribution in [0.3, 0.4) is 0 Å². The third-order valence-corrected chi connectivity index (χ3v) is 3.86. The number of hydrogen-bond acceptors (Lipinski definition) is 8. The fourth-order valence-corrected chi connectivity index (χ4v) is 2.24. The van der Waals surface area contributed by atoms with Gasteiger partial charge < -0.3 is 42.0 Å². The second kappa shape index (κ2) is 12.1. The van der Waals surface area contributed by atoms with Crippen molar-refractivity contribution in [1.82, 2.24) is 25.9 Å². The lowest BCUT2D eigenvalue weighted by atomic mass is 10.1. The molecule has 0 spiro atoms. The molecule has 0 saturated carbocycles. The van der Waals surface area contributed by atoms with Gasteiger partial charge in [-0.3, -0.25) is 19.2 Å². The Hall–Kier alpha value is -3.52. The lowest BCUT2D eigenvalue weighted by molar-refractivity contribution is -0.142. The number of amides is 3. The zero-order valence-electron chi connectivity index (χ0n) is 15.8. The molecule has 1 aromatic rings. The van der Waals surface area contributed by atoms with Gasteiger partial charge in [0.25, 0.3) is 0 Å². The highest BCUT2D eigenvalue weighted by Crippen LogP contribution is 1.99. The average Bonchev–Trinajstić information content (AvgIpc) is 3.20. The molecule has 1 rings (SSSR count). The third kappa shape index (κ3) is 8.66. The van der Waals surface area contributed by atoms with Crippen LogP contribution in [-0.4, -0.2) is 86.2 Å². The molecule has 0 saturated heterocycles. The molecule has 30 heavy (non-hydrogen) atoms. The van der Waals surface area contributed by atoms with Crippen LogP contribution in [0.2, 0.25) is 0 Å². The van der Waals surface area contributed by atoms with E-state index in [4.69, 9.17) is 10.8 Å². The fourth-order valence-electron chi connectivity index (χ4n) is 2.24. The molecule has 166 valence electrons. The van der Waals surface area contributed by atoms with Gasteiger partial charge in [-0.15, -0.1) is 0 Å². The number of rotatable bonds is 13. The Morgan fingerprint density at radius 2 is 1.80 bits per heavy atom. The zero-order chi connectivity index (χ0) is 22.7. The van der Waals surface area contributed by atoms with Crippen molar-refractivity contribution >= 4 is 29.7 Å². The highest BCUT2D eigenvalue weighted by atomic mass is 16.4. The summed E-state index contributed by atoms with van der Waals surface area (Å²) in [7, 11) is 0. The summed E-state index contributed by atoms with van der Waals surface area (Å²) < 4.78 is 0. The second-order valence-corrected chi connectivity index (χ2v) is 6.24. The van der Waals surface area contributed by atoms with E-state index in [0.29, 0.717) is 5.69 Å². The molecule has 3 amide bonds. The van der Waals surface area contributed by atoms with Crippen LogP contribution in [0.1, 0.15) is 18.5 Å². The van der Waals surface area contributed by atoms with E-state index in [2.05, 4.69) is 25.9 Å². The highest BCUT2D eigenvalue weighted by Gasteiger charge is 2.25. The molecule has 0 aliphatic heterocycles. The number of hydrogen-bond donors (Lipinski definition) is 8. The van der Waals surface area contributed by atoms with Crippen molar-refractivity contribution in [1.29, 1.82) is 0 Å². The van der Waals surface area contributed by atoms with Crippen LogP contribution < -0.4 is 21.7 Å². The van der Waals surface area contributed by atoms with Crippen LogP contribution in [0, 0.1) is 0 Å². The maximum atomic E-state index is 12.0. The summed E-state index contributed by atoms with van der Waals surface area (Å²) >= 11 is 0. The standard InChI is InChI=1S/C16H24N6O8/c17-9(1-2-13(25)26)14(27)22-11(6-23)15(28)19-5-12(24)21-10(16(29)30)3-8-4-18-7-20-8/h4,7,9-11,23H,1-3,5-6,17H2,(H,18,20)(H,19,28)(H,21,24)(H,22,27)(H,25,26)(H,29,30). The van der Waals surface area contributed by atoms with Gasteiger partial charge in [-0.05, 0) is 6.42 Å². The molecule has 9 N–H and O–H groups in total. The number of H-pyrrole nitrogens is 1. The zero-order valence-corrected chi connectivity index (χ0v) is 15.8. The van der Waals surface area contributed by atoms with E-state index in [-0.39, 0.29) is 19.3 Å². The Morgan fingerprint density at radius 1 is 1.10 bits per heavy atom. The Labute approximate surface area is 170 Å². The first kappa shape index (κ1) is 24.5. The first-order valence-electron chi connectivity index (χ1n) is 8.79. The van der Waals surface area contributed by atoms with Crippen LogP contribution in [0.4, 0.5) is 0 Å². The number of carboxylic acids is 2. The van der Waals surface area contributed by atoms with E-state index in [9.17, 15) is 34.2 Å². The number of aliphatic hydroxyl groups is 1. The van der Waals surface area contributed by atoms with Gasteiger partial charge in [-0.1, -0.05) is 0 Å². The Kier molecular flexibility index (Phi) is 9.91. The molecule has 0 aliphatic rings. The number of nitrogens with two attached hydrogens (primary N) is 1. The minimum absolute atomic E-state index is 0.0570. The molecule has 1 aromatic heterocycles. The normalized spacial score (nSPS) is 13.5. The van der Waals surface area contributed by atoms with Gasteiger partial charge in [0, 0.05) is 24.7 Å². The molecule has 3 atom stereocenters. The first-order valence-corrected chi connectivity index (χ1v) is 8.79. The van der Waals surface area contributed by atoms with E-state index in [1.54, 1.807) is 0 Å². The summed E-state index contributed by atoms with van der Waals surface area (Å²) in [6, 6.07) is -3.90. The van der Waals surface area contributed by atoms with Crippen molar-refractivity contribution in [3.63, 3.8) is 0 Å². The maximum Gasteiger partial charge on any atom is 0.326 e. The predicted molar refractivity (Wildman–Crippen MR) is 98.7 cm³/mol. The monoisotopic (exact) mass is 428 g/mol. The molecule has 0 aromatic carbocycles. The Balaban J connectivity index is 2.50. The van der Waals surface area contributed by atoms with E-state index < -0.39 is 60.9 Å². The van der Waals surface area contributed by atoms with Gasteiger partial charge in [0.15, 0.2) is 0 Å². The van der Waals surface area contributed by atoms with Gasteiger partial charge in [0.05, 0.1) is 25.5 Å². The molecule has 1 heterocycles. The summed E-state index contributed by atoms with van der Waals surface area (Å²) in [6.45, 7) is -1.41. The number of aliphatic carboxylic acids is 2. The van der Waals surface area contributed by atoms with Crippen molar-refractivity contribution in [2.45, 2.75) is 37.4 Å². The molecule has 0 aliphatic carbocycles. The number of carbonyl (C=O) groups excluding carboxylic acids is 3. The molecule has 14 heteroatoms. The van der Waals surface area contributed by atoms with E-state index in [1.807, 2.05) is 0 Å². The largest absolute Gasteiger partial charge is 0.481 e. The summed E-state index contributed by atoms with van der Waals surface area (Å²) in [4.78, 5) is 64.1. The number of aromatic amines is 1. The first-order chi connectivity index (χ1) is 14.1. The van der Waals surface area contributed by atoms with E-state index in [1.165, 1.54) is 12.5 Å². The maximum absolute atomic E-state index is 12.0. The Morgan fingerprint density at radius 3 is 2.33 bits per heavy atom. The minimum atomic E-state index is -1.43. The molecule has 0 fully saturated rings. The molecule has 14 nitrogen and oxygen atoms in total. The number of nitrogens with one attached hydrogen (secondary N) is 4. The van der Waals surface area contributed by atoms with Crippen molar-refractivity contribution < 1.29 is 39.3 Å². The highest BCUT2D eigenvalue weighted by molar-refractivity contribution is 5.92. The summed E-state index contributed by atoms with van der Waals surface area (Å²) in [6.07, 6.45) is 2.18. The topological polar surface area (TPSA) is 237 Å². The fraction of sp³-hybridized carbons (Fsp3) is 0.500. The Bertz CT molecular complexity index is 753. The van der Waals surface area contributed by atoms with Gasteiger partial charge in [0.2, 0.25) is 17.7 Å². The molecular formula is C16H24N6O8. The quantitative estimate of drug-likeness (QED) is 0.153. The van der Waals surface area contributed by atoms with Crippen molar-refractivity contribution in [2.24, 2.45) is 5.73 Å². The smallest absolute Gasteiger partial charge is 0.326 e. The van der Waals surface area contributed by atoms with E-state index >= 15 is 0 Å². The molecular weight excluding hydrogens is 404 g/mol. The van der Waals surface area contributed by atoms with Gasteiger partial charge in [0.1, 0.15) is 12.1 Å². The lowest BCUT2D eigenvalue weighted by Gasteiger charge is -2.19. The molecule has 3 unspecified atom stereocenters. The van der Waals surface area contributed by atoms with Gasteiger partial charge in [-0.2, -0.15) is 0 Å². The van der Waals surface area contributed by atoms with Crippen molar-refractivity contribution in [3.8, 4) is 0 Å². The van der Waals surface area contributed by atoms with Crippen LogP contribution >= 0.6 is 0 Å². The van der Waals surface area contributed by atoms with Gasteiger partial charge >= 0.3 is 11.9 Å². The minimum Gasteiger partial charge on any atom is -0.481 e. The third-order valence-electron chi connectivity index (χ3n) is 3.86. The number of aromatic nitrogens is 2. The van der Waals surface area contributed by atoms with Gasteiger partial charge in [-0.25, -0.2) is 9.78 Å². The summed E-state index contributed by atoms with van der Waals surface area (Å²) in [5.41, 5.74) is 5.99. The van der Waals surface area contributed by atoms with Crippen molar-refractivity contribution in [3.05, 3.63) is 18.2 Å². The number of carboxylic acid groups (broad SMARTS) is 2. The number of imidazole rings is 1. The van der Waals surface area contributed by atoms with E-state index in [0.717, 1.165) is 0 Å². The van der Waals surface area contributed by atoms with Crippen LogP contribution in [0.15, 0.2) is 12.5 Å². The number of nitrogens with zero attached hydrogens (tertiary/aromatic N) is 1. The number of carbonyl (C=O) groups is 5. The SMILES string of the molecule is NC(CCC(=O)O)C(=O)NC(CO)C(=O)NCC(=O)NC(Cc1cnc[nH]1)C(=O)O. The van der Waals surface area contributed by atoms with Crippen LogP contribution in [-0.2, 0) is 30.4 Å². The molecule has 0 bridgehead atoms. The van der Waals surface area contributed by atoms with Crippen molar-refractivity contribution in [2.75, 3.05) is 13.2 Å². The van der Waals surface area contributed by atoms with Crippen LogP contribution in [0.25, 0.3) is 0 Å². The average molecular weight is 428 g/mol. The number of aliphatic hydroxyl groups excluding tert-OH is 1.